The number of ether oxygens (including phenoxy) is 1. The van der Waals surface area contributed by atoms with Crippen LogP contribution in [0.25, 0.3) is 44.3 Å². The molecule has 300 valence electrons. The second kappa shape index (κ2) is 15.2. The third kappa shape index (κ3) is 8.12. The number of aromatic nitrogens is 6. The van der Waals surface area contributed by atoms with Crippen molar-refractivity contribution >= 4 is 79.9 Å². The molecule has 0 aliphatic rings. The SMILES string of the molecule is CCCOCC(=O)c1ccc2c(c1)nc(Nc1nc3ccc(C(F)(F)F)cc3o1)n2C.Cn1c(Nc2nc3ccc(C(F)(F)F)cc3o2)nc2cc(C(=O)O)ccc21. The van der Waals surface area contributed by atoms with Crippen LogP contribution in [0.15, 0.2) is 81.6 Å². The molecule has 4 aromatic heterocycles. The number of nitrogens with one attached hydrogen (secondary N) is 2. The van der Waals surface area contributed by atoms with Gasteiger partial charge in [0.25, 0.3) is 0 Å². The number of oxazole rings is 2. The zero-order chi connectivity index (χ0) is 41.5. The lowest BCUT2D eigenvalue weighted by Gasteiger charge is -2.04. The van der Waals surface area contributed by atoms with Crippen molar-refractivity contribution in [2.45, 2.75) is 25.7 Å². The van der Waals surface area contributed by atoms with Crippen LogP contribution in [0.1, 0.15) is 45.2 Å². The molecule has 0 amide bonds. The summed E-state index contributed by atoms with van der Waals surface area (Å²) in [6.07, 6.45) is -8.12. The van der Waals surface area contributed by atoms with Crippen LogP contribution in [0.5, 0.6) is 0 Å². The fraction of sp³-hybridized carbons (Fsp3) is 0.211. The van der Waals surface area contributed by atoms with E-state index >= 15 is 0 Å². The quantitative estimate of drug-likeness (QED) is 0.0680. The largest absolute Gasteiger partial charge is 0.478 e. The molecule has 20 heteroatoms. The standard InChI is InChI=1S/C21H19F3N4O3.C17H11F3N4O3/c1-3-8-30-11-17(29)12-4-7-16-15(9-12)25-19(28(16)2)27-20-26-14-6-5-13(21(22,23)24)10-18(14)31-20;1-24-12-5-2-8(14(25)26)6-11(12)21-15(24)23-16-22-10-4-3-9(17(18,19)20)7-13(10)27-16/h4-7,9-10H,3,8,11H2,1-2H3,(H,25,26,27);2-7H,1H3,(H,25,26)(H,21,22,23). The van der Waals surface area contributed by atoms with E-state index in [4.69, 9.17) is 18.7 Å². The molecule has 0 unspecified atom stereocenters. The number of fused-ring (bicyclic) bond motifs is 4. The summed E-state index contributed by atoms with van der Waals surface area (Å²) in [5.41, 5.74) is 1.90. The van der Waals surface area contributed by atoms with E-state index in [1.54, 1.807) is 47.5 Å². The minimum atomic E-state index is -4.48. The molecule has 0 radical (unpaired) electrons. The zero-order valence-electron chi connectivity index (χ0n) is 30.5. The van der Waals surface area contributed by atoms with Crippen molar-refractivity contribution in [3.63, 3.8) is 0 Å². The Morgan fingerprint density at radius 3 is 1.59 bits per heavy atom. The highest BCUT2D eigenvalue weighted by atomic mass is 19.4. The van der Waals surface area contributed by atoms with Crippen LogP contribution in [-0.2, 0) is 31.2 Å². The van der Waals surface area contributed by atoms with E-state index in [9.17, 15) is 35.9 Å². The predicted molar refractivity (Wildman–Crippen MR) is 198 cm³/mol. The van der Waals surface area contributed by atoms with Crippen molar-refractivity contribution in [2.24, 2.45) is 14.1 Å². The van der Waals surface area contributed by atoms with Gasteiger partial charge < -0.3 is 27.8 Å². The molecule has 14 nitrogen and oxygen atoms in total. The molecule has 58 heavy (non-hydrogen) atoms. The topological polar surface area (TPSA) is 175 Å². The van der Waals surface area contributed by atoms with Gasteiger partial charge in [0.05, 0.1) is 38.8 Å². The zero-order valence-corrected chi connectivity index (χ0v) is 30.5. The van der Waals surface area contributed by atoms with Crippen LogP contribution >= 0.6 is 0 Å². The number of carbonyl (C=O) groups excluding carboxylic acids is 1. The van der Waals surface area contributed by atoms with Crippen LogP contribution in [0.2, 0.25) is 0 Å². The first kappa shape index (κ1) is 39.3. The van der Waals surface area contributed by atoms with E-state index in [1.807, 2.05) is 6.92 Å². The Balaban J connectivity index is 0.000000178. The summed E-state index contributed by atoms with van der Waals surface area (Å²) in [5, 5.41) is 14.7. The Morgan fingerprint density at radius 1 is 0.672 bits per heavy atom. The Hall–Kier alpha value is -6.96. The average Bonchev–Trinajstić information content (AvgIpc) is 3.93. The van der Waals surface area contributed by atoms with E-state index in [0.29, 0.717) is 40.6 Å². The molecule has 4 heterocycles. The number of rotatable bonds is 10. The van der Waals surface area contributed by atoms with Gasteiger partial charge in [0, 0.05) is 26.3 Å². The van der Waals surface area contributed by atoms with E-state index in [2.05, 4.69) is 30.6 Å². The van der Waals surface area contributed by atoms with Gasteiger partial charge in [0.2, 0.25) is 11.9 Å². The molecule has 8 aromatic rings. The van der Waals surface area contributed by atoms with E-state index in [0.717, 1.165) is 36.2 Å². The third-order valence-corrected chi connectivity index (χ3v) is 8.78. The number of halogens is 6. The Labute approximate surface area is 322 Å². The lowest BCUT2D eigenvalue weighted by Crippen LogP contribution is -2.09. The summed E-state index contributed by atoms with van der Waals surface area (Å²) in [6, 6.07) is 15.7. The maximum Gasteiger partial charge on any atom is 0.416 e. The van der Waals surface area contributed by atoms with Gasteiger partial charge in [-0.05, 0) is 79.2 Å². The number of carboxylic acid groups (broad SMARTS) is 1. The molecule has 0 atom stereocenters. The van der Waals surface area contributed by atoms with Gasteiger partial charge in [-0.1, -0.05) is 6.92 Å². The summed E-state index contributed by atoms with van der Waals surface area (Å²) in [7, 11) is 3.45. The lowest BCUT2D eigenvalue weighted by atomic mass is 10.1. The maximum atomic E-state index is 12.9. The Kier molecular flexibility index (Phi) is 10.3. The summed E-state index contributed by atoms with van der Waals surface area (Å²) >= 11 is 0. The predicted octanol–water partition coefficient (Wildman–Crippen LogP) is 9.26. The van der Waals surface area contributed by atoms with Crippen molar-refractivity contribution in [2.75, 3.05) is 23.8 Å². The van der Waals surface area contributed by atoms with E-state index in [1.165, 1.54) is 24.3 Å². The fourth-order valence-electron chi connectivity index (χ4n) is 5.82. The number of carbonyl (C=O) groups is 2. The van der Waals surface area contributed by atoms with Crippen molar-refractivity contribution in [3.05, 3.63) is 95.1 Å². The van der Waals surface area contributed by atoms with Crippen LogP contribution in [-0.4, -0.2) is 59.1 Å². The number of carboxylic acids is 1. The summed E-state index contributed by atoms with van der Waals surface area (Å²) in [5.74, 6) is -0.550. The number of anilines is 4. The highest BCUT2D eigenvalue weighted by Gasteiger charge is 2.32. The minimum absolute atomic E-state index is 0.000105. The van der Waals surface area contributed by atoms with Crippen LogP contribution in [0.3, 0.4) is 0 Å². The molecule has 0 spiro atoms. The molecule has 0 saturated heterocycles. The van der Waals surface area contributed by atoms with Crippen LogP contribution < -0.4 is 10.6 Å². The summed E-state index contributed by atoms with van der Waals surface area (Å²) in [6.45, 7) is 2.48. The third-order valence-electron chi connectivity index (χ3n) is 8.78. The first-order valence-electron chi connectivity index (χ1n) is 17.3. The van der Waals surface area contributed by atoms with Crippen LogP contribution in [0, 0.1) is 0 Å². The number of nitrogens with zero attached hydrogens (tertiary/aromatic N) is 6. The number of hydrogen-bond acceptors (Lipinski definition) is 11. The van der Waals surface area contributed by atoms with Crippen molar-refractivity contribution in [1.82, 2.24) is 29.1 Å². The average molecular weight is 809 g/mol. The van der Waals surface area contributed by atoms with Gasteiger partial charge in [-0.2, -0.15) is 36.3 Å². The number of aryl methyl sites for hydroxylation is 2. The number of alkyl halides is 6. The molecular formula is C38H30F6N8O6. The molecule has 4 aromatic carbocycles. The van der Waals surface area contributed by atoms with E-state index in [-0.39, 0.29) is 52.2 Å². The van der Waals surface area contributed by atoms with E-state index < -0.39 is 29.4 Å². The molecule has 0 aliphatic carbocycles. The molecule has 0 aliphatic heterocycles. The second-order valence-electron chi connectivity index (χ2n) is 12.8. The molecule has 0 fully saturated rings. The Morgan fingerprint density at radius 2 is 1.14 bits per heavy atom. The molecule has 8 rings (SSSR count). The second-order valence-corrected chi connectivity index (χ2v) is 12.8. The normalized spacial score (nSPS) is 12.0. The summed E-state index contributed by atoms with van der Waals surface area (Å²) < 4.78 is 96.5. The fourth-order valence-corrected chi connectivity index (χ4v) is 5.82. The first-order valence-corrected chi connectivity index (χ1v) is 17.3. The van der Waals surface area contributed by atoms with Crippen molar-refractivity contribution in [1.29, 1.82) is 0 Å². The molecule has 0 saturated carbocycles. The number of imidazole rings is 2. The minimum Gasteiger partial charge on any atom is -0.478 e. The maximum absolute atomic E-state index is 12.9. The molecule has 3 N–H and O–H groups in total. The number of Topliss-reactive ketones (excluding diaryl/α,β-unsaturated/α-hetero) is 1. The van der Waals surface area contributed by atoms with Crippen molar-refractivity contribution in [3.8, 4) is 0 Å². The molecule has 0 bridgehead atoms. The highest BCUT2D eigenvalue weighted by molar-refractivity contribution is 6.00. The number of benzene rings is 4. The monoisotopic (exact) mass is 808 g/mol. The molecular weight excluding hydrogens is 778 g/mol. The number of hydrogen-bond donors (Lipinski definition) is 3. The number of aromatic carboxylic acids is 1. The van der Waals surface area contributed by atoms with Gasteiger partial charge >= 0.3 is 30.4 Å². The summed E-state index contributed by atoms with van der Waals surface area (Å²) in [4.78, 5) is 40.3. The smallest absolute Gasteiger partial charge is 0.416 e. The number of ketones is 1. The van der Waals surface area contributed by atoms with Gasteiger partial charge in [0.15, 0.2) is 16.9 Å². The highest BCUT2D eigenvalue weighted by Crippen LogP contribution is 2.34. The first-order chi connectivity index (χ1) is 27.5. The van der Waals surface area contributed by atoms with Crippen molar-refractivity contribution < 1.29 is 54.6 Å². The van der Waals surface area contributed by atoms with Gasteiger partial charge in [-0.3, -0.25) is 15.4 Å². The van der Waals surface area contributed by atoms with Gasteiger partial charge in [0.1, 0.15) is 17.6 Å². The van der Waals surface area contributed by atoms with Crippen LogP contribution in [0.4, 0.5) is 50.3 Å². The van der Waals surface area contributed by atoms with Gasteiger partial charge in [-0.25, -0.2) is 14.8 Å². The lowest BCUT2D eigenvalue weighted by molar-refractivity contribution is -0.138. The Bertz CT molecular complexity index is 2840. The van der Waals surface area contributed by atoms with Gasteiger partial charge in [-0.15, -0.1) is 0 Å².